The molecule has 2 atom stereocenters. The Balaban J connectivity index is 1.89. The van der Waals surface area contributed by atoms with Crippen LogP contribution in [-0.2, 0) is 9.53 Å². The SMILES string of the molecule is C[C@@H]1C[NH+](CC(=O)Nc2ccccc2F)C[C@@H](C)O1. The molecule has 5 heteroatoms. The third kappa shape index (κ3) is 4.01. The molecule has 2 rings (SSSR count). The predicted octanol–water partition coefficient (Wildman–Crippen LogP) is 0.456. The maximum Gasteiger partial charge on any atom is 0.279 e. The standard InChI is InChI=1S/C14H19FN2O2/c1-10-7-17(8-11(2)19-10)9-14(18)16-13-6-4-3-5-12(13)15/h3-6,10-11H,7-9H2,1-2H3,(H,16,18)/p+1/t10-,11-/m1/s1. The van der Waals surface area contributed by atoms with Crippen LogP contribution in [0, 0.1) is 5.82 Å². The van der Waals surface area contributed by atoms with Crippen molar-refractivity contribution in [1.29, 1.82) is 0 Å². The lowest BCUT2D eigenvalue weighted by Gasteiger charge is -2.31. The minimum absolute atomic E-state index is 0.153. The summed E-state index contributed by atoms with van der Waals surface area (Å²) in [5.41, 5.74) is 0.237. The Hall–Kier alpha value is -1.46. The number of anilines is 1. The summed E-state index contributed by atoms with van der Waals surface area (Å²) in [5, 5.41) is 2.61. The lowest BCUT2D eigenvalue weighted by Crippen LogP contribution is -3.16. The Bertz CT molecular complexity index is 443. The average Bonchev–Trinajstić information content (AvgIpc) is 2.30. The first kappa shape index (κ1) is 14.0. The zero-order valence-corrected chi connectivity index (χ0v) is 11.3. The van der Waals surface area contributed by atoms with Gasteiger partial charge in [0.15, 0.2) is 6.54 Å². The highest BCUT2D eigenvalue weighted by Gasteiger charge is 2.27. The van der Waals surface area contributed by atoms with Gasteiger partial charge in [-0.2, -0.15) is 0 Å². The highest BCUT2D eigenvalue weighted by atomic mass is 19.1. The van der Waals surface area contributed by atoms with Crippen LogP contribution in [-0.4, -0.2) is 37.7 Å². The van der Waals surface area contributed by atoms with Crippen LogP contribution in [0.25, 0.3) is 0 Å². The monoisotopic (exact) mass is 267 g/mol. The van der Waals surface area contributed by atoms with Gasteiger partial charge < -0.3 is 15.0 Å². The molecular formula is C14H20FN2O2+. The molecule has 4 nitrogen and oxygen atoms in total. The van der Waals surface area contributed by atoms with Gasteiger partial charge in [0, 0.05) is 0 Å². The van der Waals surface area contributed by atoms with Crippen LogP contribution >= 0.6 is 0 Å². The van der Waals surface area contributed by atoms with Crippen LogP contribution in [0.5, 0.6) is 0 Å². The van der Waals surface area contributed by atoms with Gasteiger partial charge in [-0.1, -0.05) is 12.1 Å². The lowest BCUT2D eigenvalue weighted by atomic mass is 10.2. The highest BCUT2D eigenvalue weighted by Crippen LogP contribution is 2.11. The lowest BCUT2D eigenvalue weighted by molar-refractivity contribution is -0.907. The topological polar surface area (TPSA) is 42.8 Å². The second-order valence-electron chi connectivity index (χ2n) is 5.12. The van der Waals surface area contributed by atoms with E-state index in [1.807, 2.05) is 13.8 Å². The molecule has 1 saturated heterocycles. The van der Waals surface area contributed by atoms with E-state index >= 15 is 0 Å². The third-order valence-electron chi connectivity index (χ3n) is 3.18. The Labute approximate surface area is 112 Å². The molecule has 19 heavy (non-hydrogen) atoms. The predicted molar refractivity (Wildman–Crippen MR) is 70.6 cm³/mol. The van der Waals surface area contributed by atoms with Crippen LogP contribution in [0.15, 0.2) is 24.3 Å². The molecule has 1 aromatic rings. The van der Waals surface area contributed by atoms with E-state index in [1.165, 1.54) is 11.0 Å². The molecule has 0 radical (unpaired) electrons. The van der Waals surface area contributed by atoms with Gasteiger partial charge in [0.2, 0.25) is 0 Å². The molecule has 0 spiro atoms. The van der Waals surface area contributed by atoms with Gasteiger partial charge >= 0.3 is 0 Å². The van der Waals surface area contributed by atoms with Crippen molar-refractivity contribution >= 4 is 11.6 Å². The van der Waals surface area contributed by atoms with Crippen molar-refractivity contribution in [1.82, 2.24) is 0 Å². The van der Waals surface area contributed by atoms with Crippen molar-refractivity contribution in [3.63, 3.8) is 0 Å². The van der Waals surface area contributed by atoms with E-state index in [-0.39, 0.29) is 23.8 Å². The van der Waals surface area contributed by atoms with Crippen molar-refractivity contribution in [3.8, 4) is 0 Å². The van der Waals surface area contributed by atoms with E-state index in [4.69, 9.17) is 4.74 Å². The molecule has 0 aromatic heterocycles. The van der Waals surface area contributed by atoms with Gasteiger partial charge in [-0.15, -0.1) is 0 Å². The zero-order valence-electron chi connectivity index (χ0n) is 11.3. The normalized spacial score (nSPS) is 27.0. The zero-order chi connectivity index (χ0) is 13.8. The second-order valence-corrected chi connectivity index (χ2v) is 5.12. The van der Waals surface area contributed by atoms with Crippen molar-refractivity contribution < 1.29 is 18.8 Å². The van der Waals surface area contributed by atoms with E-state index in [9.17, 15) is 9.18 Å². The van der Waals surface area contributed by atoms with Crippen molar-refractivity contribution in [2.24, 2.45) is 0 Å². The maximum absolute atomic E-state index is 13.4. The summed E-state index contributed by atoms with van der Waals surface area (Å²) in [6, 6.07) is 6.19. The number of para-hydroxylation sites is 1. The summed E-state index contributed by atoms with van der Waals surface area (Å²) < 4.78 is 19.0. The molecule has 1 aliphatic rings. The van der Waals surface area contributed by atoms with E-state index < -0.39 is 5.82 Å². The van der Waals surface area contributed by atoms with Crippen LogP contribution in [0.2, 0.25) is 0 Å². The van der Waals surface area contributed by atoms with Crippen LogP contribution in [0.1, 0.15) is 13.8 Å². The number of halogens is 1. The van der Waals surface area contributed by atoms with E-state index in [2.05, 4.69) is 5.32 Å². The summed E-state index contributed by atoms with van der Waals surface area (Å²) in [4.78, 5) is 13.1. The Kier molecular flexibility index (Phi) is 4.50. The molecule has 1 heterocycles. The molecule has 0 bridgehead atoms. The van der Waals surface area contributed by atoms with Gasteiger partial charge in [0.1, 0.15) is 31.1 Å². The molecular weight excluding hydrogens is 247 g/mol. The second kappa shape index (κ2) is 6.12. The number of benzene rings is 1. The molecule has 0 saturated carbocycles. The van der Waals surface area contributed by atoms with Crippen LogP contribution in [0.4, 0.5) is 10.1 Å². The summed E-state index contributed by atoms with van der Waals surface area (Å²) in [7, 11) is 0. The minimum Gasteiger partial charge on any atom is -0.364 e. The molecule has 1 amide bonds. The summed E-state index contributed by atoms with van der Waals surface area (Å²) >= 11 is 0. The minimum atomic E-state index is -0.408. The molecule has 1 aromatic carbocycles. The first-order chi connectivity index (χ1) is 9.04. The van der Waals surface area contributed by atoms with Crippen LogP contribution < -0.4 is 10.2 Å². The van der Waals surface area contributed by atoms with Gasteiger partial charge in [0.05, 0.1) is 5.69 Å². The quantitative estimate of drug-likeness (QED) is 0.835. The highest BCUT2D eigenvalue weighted by molar-refractivity contribution is 5.91. The van der Waals surface area contributed by atoms with E-state index in [0.29, 0.717) is 6.54 Å². The number of nitrogens with one attached hydrogen (secondary N) is 2. The number of ether oxygens (including phenoxy) is 1. The summed E-state index contributed by atoms with van der Waals surface area (Å²) in [6.45, 7) is 5.95. The van der Waals surface area contributed by atoms with Gasteiger partial charge in [-0.05, 0) is 26.0 Å². The Morgan fingerprint density at radius 3 is 2.63 bits per heavy atom. The van der Waals surface area contributed by atoms with Gasteiger partial charge in [0.25, 0.3) is 5.91 Å². The molecule has 0 aliphatic carbocycles. The van der Waals surface area contributed by atoms with Gasteiger partial charge in [-0.25, -0.2) is 4.39 Å². The number of quaternary nitrogens is 1. The number of hydrogen-bond acceptors (Lipinski definition) is 2. The number of carbonyl (C=O) groups is 1. The number of carbonyl (C=O) groups excluding carboxylic acids is 1. The van der Waals surface area contributed by atoms with Gasteiger partial charge in [-0.3, -0.25) is 4.79 Å². The van der Waals surface area contributed by atoms with E-state index in [0.717, 1.165) is 13.1 Å². The average molecular weight is 267 g/mol. The maximum atomic E-state index is 13.4. The third-order valence-corrected chi connectivity index (χ3v) is 3.18. The number of morpholine rings is 1. The molecule has 1 fully saturated rings. The Morgan fingerprint density at radius 1 is 1.37 bits per heavy atom. The molecule has 2 N–H and O–H groups in total. The molecule has 1 aliphatic heterocycles. The fourth-order valence-corrected chi connectivity index (χ4v) is 2.52. The summed E-state index contributed by atoms with van der Waals surface area (Å²) in [6.07, 6.45) is 0.306. The number of amides is 1. The van der Waals surface area contributed by atoms with Crippen molar-refractivity contribution in [3.05, 3.63) is 30.1 Å². The van der Waals surface area contributed by atoms with E-state index in [1.54, 1.807) is 18.2 Å². The van der Waals surface area contributed by atoms with Crippen LogP contribution in [0.3, 0.4) is 0 Å². The fraction of sp³-hybridized carbons (Fsp3) is 0.500. The number of rotatable bonds is 3. The Morgan fingerprint density at radius 2 is 2.00 bits per heavy atom. The number of hydrogen-bond donors (Lipinski definition) is 2. The fourth-order valence-electron chi connectivity index (χ4n) is 2.52. The van der Waals surface area contributed by atoms with Crippen molar-refractivity contribution in [2.45, 2.75) is 26.1 Å². The first-order valence-corrected chi connectivity index (χ1v) is 6.58. The first-order valence-electron chi connectivity index (χ1n) is 6.58. The largest absolute Gasteiger partial charge is 0.364 e. The smallest absolute Gasteiger partial charge is 0.279 e. The van der Waals surface area contributed by atoms with Crippen molar-refractivity contribution in [2.75, 3.05) is 25.0 Å². The molecule has 104 valence electrons. The molecule has 0 unspecified atom stereocenters. The summed E-state index contributed by atoms with van der Waals surface area (Å²) in [5.74, 6) is -0.573.